The van der Waals surface area contributed by atoms with Crippen molar-refractivity contribution < 1.29 is 36.2 Å². The van der Waals surface area contributed by atoms with Crippen LogP contribution in [-0.4, -0.2) is 19.3 Å². The van der Waals surface area contributed by atoms with Gasteiger partial charge in [-0.25, -0.2) is 13.2 Å². The molecule has 178 valence electrons. The summed E-state index contributed by atoms with van der Waals surface area (Å²) < 4.78 is 90.0. The van der Waals surface area contributed by atoms with Gasteiger partial charge < -0.3 is 14.2 Å². The van der Waals surface area contributed by atoms with Crippen molar-refractivity contribution in [1.29, 1.82) is 0 Å². The van der Waals surface area contributed by atoms with Gasteiger partial charge in [-0.2, -0.15) is 8.78 Å². The van der Waals surface area contributed by atoms with Gasteiger partial charge in [0.1, 0.15) is 6.10 Å². The summed E-state index contributed by atoms with van der Waals surface area (Å²) >= 11 is 0. The fourth-order valence-corrected chi connectivity index (χ4v) is 4.38. The van der Waals surface area contributed by atoms with Gasteiger partial charge in [0.25, 0.3) is 0 Å². The predicted molar refractivity (Wildman–Crippen MR) is 113 cm³/mol. The molecule has 0 bridgehead atoms. The summed E-state index contributed by atoms with van der Waals surface area (Å²) in [5.41, 5.74) is -0.417. The van der Waals surface area contributed by atoms with E-state index < -0.39 is 46.5 Å². The van der Waals surface area contributed by atoms with Crippen LogP contribution in [0.5, 0.6) is 17.2 Å². The maximum atomic E-state index is 15.0. The topological polar surface area (TPSA) is 27.7 Å². The Morgan fingerprint density at radius 1 is 1.00 bits per heavy atom. The first-order valence-electron chi connectivity index (χ1n) is 11.2. The van der Waals surface area contributed by atoms with Crippen molar-refractivity contribution in [2.45, 2.75) is 52.1 Å². The molecule has 4 rings (SSSR count). The summed E-state index contributed by atoms with van der Waals surface area (Å²) in [4.78, 5) is 0. The third kappa shape index (κ3) is 4.45. The summed E-state index contributed by atoms with van der Waals surface area (Å²) in [7, 11) is 0. The molecule has 2 aliphatic rings. The maximum Gasteiger partial charge on any atom is 0.207 e. The fourth-order valence-electron chi connectivity index (χ4n) is 4.38. The second-order valence-corrected chi connectivity index (χ2v) is 8.33. The molecule has 33 heavy (non-hydrogen) atoms. The molecule has 0 amide bonds. The Hall–Kier alpha value is -2.61. The van der Waals surface area contributed by atoms with Crippen LogP contribution in [0.4, 0.5) is 22.0 Å². The van der Waals surface area contributed by atoms with Gasteiger partial charge in [0.2, 0.25) is 11.6 Å². The number of hydrogen-bond acceptors (Lipinski definition) is 3. The quantitative estimate of drug-likeness (QED) is 0.353. The van der Waals surface area contributed by atoms with Crippen LogP contribution in [0.3, 0.4) is 0 Å². The summed E-state index contributed by atoms with van der Waals surface area (Å²) in [5, 5.41) is 0. The van der Waals surface area contributed by atoms with Crippen LogP contribution in [0.1, 0.15) is 56.2 Å². The first-order chi connectivity index (χ1) is 15.8. The zero-order valence-corrected chi connectivity index (χ0v) is 18.5. The normalized spacial score (nSPS) is 20.5. The van der Waals surface area contributed by atoms with Crippen molar-refractivity contribution in [3.05, 3.63) is 58.2 Å². The third-order valence-electron chi connectivity index (χ3n) is 6.06. The molecule has 0 aromatic heterocycles. The number of fused-ring (bicyclic) bond motifs is 2. The van der Waals surface area contributed by atoms with Crippen molar-refractivity contribution >= 4 is 5.83 Å². The van der Waals surface area contributed by atoms with Crippen LogP contribution in [-0.2, 0) is 11.2 Å². The molecule has 0 spiro atoms. The lowest BCUT2D eigenvalue weighted by atomic mass is 9.93. The summed E-state index contributed by atoms with van der Waals surface area (Å²) in [6.45, 7) is 4.21. The minimum Gasteiger partial charge on any atom is -0.491 e. The molecule has 0 N–H and O–H groups in total. The lowest BCUT2D eigenvalue weighted by Gasteiger charge is -2.28. The Morgan fingerprint density at radius 3 is 2.42 bits per heavy atom. The molecule has 2 unspecified atom stereocenters. The smallest absolute Gasteiger partial charge is 0.207 e. The highest BCUT2D eigenvalue weighted by Crippen LogP contribution is 2.45. The van der Waals surface area contributed by atoms with Gasteiger partial charge >= 0.3 is 0 Å². The van der Waals surface area contributed by atoms with Crippen LogP contribution >= 0.6 is 0 Å². The number of benzene rings is 2. The monoisotopic (exact) mass is 468 g/mol. The molecule has 3 nitrogen and oxygen atoms in total. The minimum atomic E-state index is -1.61. The molecule has 2 aromatic carbocycles. The van der Waals surface area contributed by atoms with Crippen molar-refractivity contribution in [1.82, 2.24) is 0 Å². The Morgan fingerprint density at radius 2 is 1.76 bits per heavy atom. The summed E-state index contributed by atoms with van der Waals surface area (Å²) in [5.74, 6) is -7.35. The molecular weight excluding hydrogens is 443 g/mol. The van der Waals surface area contributed by atoms with E-state index in [1.807, 2.05) is 6.92 Å². The highest BCUT2D eigenvalue weighted by molar-refractivity contribution is 5.66. The largest absolute Gasteiger partial charge is 0.491 e. The van der Waals surface area contributed by atoms with Crippen LogP contribution in [0.2, 0.25) is 0 Å². The highest BCUT2D eigenvalue weighted by Gasteiger charge is 2.32. The summed E-state index contributed by atoms with van der Waals surface area (Å²) in [6.07, 6.45) is 1.63. The maximum absolute atomic E-state index is 15.0. The van der Waals surface area contributed by atoms with Gasteiger partial charge in [0.05, 0.1) is 18.8 Å². The van der Waals surface area contributed by atoms with Gasteiger partial charge in [-0.1, -0.05) is 19.4 Å². The van der Waals surface area contributed by atoms with Crippen LogP contribution < -0.4 is 9.47 Å². The zero-order chi connectivity index (χ0) is 23.7. The molecule has 1 saturated heterocycles. The van der Waals surface area contributed by atoms with Crippen LogP contribution in [0.25, 0.3) is 5.83 Å². The van der Waals surface area contributed by atoms with E-state index in [0.717, 1.165) is 18.9 Å². The Balaban J connectivity index is 1.64. The Kier molecular flexibility index (Phi) is 6.93. The molecule has 2 atom stereocenters. The first kappa shape index (κ1) is 23.5. The van der Waals surface area contributed by atoms with Crippen molar-refractivity contribution in [3.63, 3.8) is 0 Å². The third-order valence-corrected chi connectivity index (χ3v) is 6.06. The average Bonchev–Trinajstić information content (AvgIpc) is 2.82. The van der Waals surface area contributed by atoms with E-state index in [0.29, 0.717) is 18.6 Å². The van der Waals surface area contributed by atoms with E-state index in [9.17, 15) is 22.0 Å². The molecule has 0 radical (unpaired) electrons. The zero-order valence-electron chi connectivity index (χ0n) is 18.5. The lowest BCUT2D eigenvalue weighted by Crippen LogP contribution is -2.26. The standard InChI is InChI=1S/C25H25F5O3/c1-3-5-13-6-8-17(32-12-13)21(28)19(26)16-11-15-10-14-7-9-18(31-4-2)22(29)24(14)33-25(15)23(30)20(16)27/h7,9,11,13,17H,3-6,8,10,12H2,1-2H3/b21-19+. The number of hydrogen-bond donors (Lipinski definition) is 0. The molecule has 0 aliphatic carbocycles. The number of halogens is 5. The van der Waals surface area contributed by atoms with E-state index in [1.54, 1.807) is 6.92 Å². The van der Waals surface area contributed by atoms with E-state index in [-0.39, 0.29) is 42.4 Å². The molecule has 8 heteroatoms. The van der Waals surface area contributed by atoms with Gasteiger partial charge in [-0.05, 0) is 44.2 Å². The van der Waals surface area contributed by atoms with Gasteiger partial charge in [0, 0.05) is 17.5 Å². The molecule has 2 aliphatic heterocycles. The van der Waals surface area contributed by atoms with Crippen molar-refractivity contribution in [2.75, 3.05) is 13.2 Å². The average molecular weight is 468 g/mol. The van der Waals surface area contributed by atoms with Gasteiger partial charge in [-0.15, -0.1) is 0 Å². The molecule has 2 aromatic rings. The fraction of sp³-hybridized carbons (Fsp3) is 0.440. The van der Waals surface area contributed by atoms with E-state index in [1.165, 1.54) is 12.1 Å². The van der Waals surface area contributed by atoms with Gasteiger partial charge in [0.15, 0.2) is 34.7 Å². The summed E-state index contributed by atoms with van der Waals surface area (Å²) in [6, 6.07) is 3.94. The predicted octanol–water partition coefficient (Wildman–Crippen LogP) is 7.40. The second-order valence-electron chi connectivity index (χ2n) is 8.33. The Labute approximate surface area is 189 Å². The molecule has 0 saturated carbocycles. The number of ether oxygens (including phenoxy) is 3. The van der Waals surface area contributed by atoms with Crippen LogP contribution in [0.15, 0.2) is 24.0 Å². The second kappa shape index (κ2) is 9.71. The lowest BCUT2D eigenvalue weighted by molar-refractivity contribution is -0.00847. The molecule has 1 fully saturated rings. The van der Waals surface area contributed by atoms with Crippen molar-refractivity contribution in [2.24, 2.45) is 5.92 Å². The van der Waals surface area contributed by atoms with E-state index in [4.69, 9.17) is 14.2 Å². The SMILES string of the molecule is CCCC1CCC(/C(F)=C(\F)c2cc3c(c(F)c2F)Oc2c(ccc(OCC)c2F)C3)OC1. The van der Waals surface area contributed by atoms with Crippen molar-refractivity contribution in [3.8, 4) is 17.2 Å². The molecular formula is C25H25F5O3. The number of rotatable bonds is 6. The minimum absolute atomic E-state index is 0.0499. The van der Waals surface area contributed by atoms with Crippen LogP contribution in [0, 0.1) is 23.4 Å². The highest BCUT2D eigenvalue weighted by atomic mass is 19.2. The van der Waals surface area contributed by atoms with Gasteiger partial charge in [-0.3, -0.25) is 0 Å². The first-order valence-corrected chi connectivity index (χ1v) is 11.2. The Bertz CT molecular complexity index is 1070. The molecule has 2 heterocycles. The van der Waals surface area contributed by atoms with E-state index in [2.05, 4.69) is 0 Å². The van der Waals surface area contributed by atoms with E-state index >= 15 is 0 Å².